The van der Waals surface area contributed by atoms with Crippen molar-refractivity contribution in [2.24, 2.45) is 0 Å². The first kappa shape index (κ1) is 22.9. The maximum atomic E-state index is 11.5. The van der Waals surface area contributed by atoms with Crippen LogP contribution in [0, 0.1) is 0 Å². The van der Waals surface area contributed by atoms with E-state index in [1.54, 1.807) is 0 Å². The molecule has 2 aliphatic heterocycles. The van der Waals surface area contributed by atoms with E-state index in [-0.39, 0.29) is 6.61 Å². The van der Waals surface area contributed by atoms with E-state index in [4.69, 9.17) is 18.9 Å². The monoisotopic (exact) mass is 411 g/mol. The lowest BCUT2D eigenvalue weighted by atomic mass is 9.95. The maximum absolute atomic E-state index is 11.5. The average Bonchev–Trinajstić information content (AvgIpc) is 2.62. The number of nitrogens with one attached hydrogen (secondary N) is 1. The average molecular weight is 411 g/mol. The first-order valence-electron chi connectivity index (χ1n) is 8.44. The van der Waals surface area contributed by atoms with Crippen molar-refractivity contribution in [3.63, 3.8) is 0 Å². The third-order valence-electron chi connectivity index (χ3n) is 4.50. The standard InChI is InChI=1S/C15H25NO12/c1-4(17)16-6-8(19)7(18)5(3-25-2)26-15(6)28-11-9(20)10(21)14(24)27-12(11)13(22)23/h5-12,14-15,18-21,24H,3H2,1-2H3,(H,16,17)(H,22,23). The number of carbonyl (C=O) groups is 2. The molecular weight excluding hydrogens is 386 g/mol. The fraction of sp³-hybridized carbons (Fsp3) is 0.867. The minimum atomic E-state index is -1.97. The summed E-state index contributed by atoms with van der Waals surface area (Å²) in [6.45, 7) is 0.967. The predicted octanol–water partition coefficient (Wildman–Crippen LogP) is -4.51. The van der Waals surface area contributed by atoms with E-state index >= 15 is 0 Å². The second-order valence-electron chi connectivity index (χ2n) is 6.57. The molecule has 2 rings (SSSR count). The van der Waals surface area contributed by atoms with Crippen LogP contribution in [0.2, 0.25) is 0 Å². The van der Waals surface area contributed by atoms with Gasteiger partial charge < -0.3 is 54.9 Å². The normalized spacial score (nSPS) is 44.1. The van der Waals surface area contributed by atoms with Crippen LogP contribution in [0.25, 0.3) is 0 Å². The van der Waals surface area contributed by atoms with Crippen molar-refractivity contribution in [3.8, 4) is 0 Å². The van der Waals surface area contributed by atoms with Crippen LogP contribution in [-0.4, -0.2) is 118 Å². The van der Waals surface area contributed by atoms with E-state index in [0.717, 1.165) is 6.92 Å². The molecule has 0 aliphatic carbocycles. The van der Waals surface area contributed by atoms with E-state index in [0.29, 0.717) is 0 Å². The molecule has 13 heteroatoms. The zero-order valence-electron chi connectivity index (χ0n) is 15.1. The van der Waals surface area contributed by atoms with Gasteiger partial charge >= 0.3 is 5.97 Å². The summed E-state index contributed by atoms with van der Waals surface area (Å²) in [6, 6.07) is -1.34. The number of rotatable bonds is 6. The van der Waals surface area contributed by atoms with Gasteiger partial charge in [0.25, 0.3) is 0 Å². The first-order chi connectivity index (χ1) is 13.1. The molecule has 28 heavy (non-hydrogen) atoms. The number of aliphatic carboxylic acids is 1. The molecule has 1 amide bonds. The lowest BCUT2D eigenvalue weighted by Gasteiger charge is -2.46. The number of hydrogen-bond donors (Lipinski definition) is 7. The Hall–Kier alpha value is -1.42. The quantitative estimate of drug-likeness (QED) is 0.221. The van der Waals surface area contributed by atoms with Crippen molar-refractivity contribution in [2.75, 3.05) is 13.7 Å². The van der Waals surface area contributed by atoms with E-state index in [1.807, 2.05) is 0 Å². The number of aliphatic hydroxyl groups is 5. The minimum Gasteiger partial charge on any atom is -0.479 e. The molecule has 10 unspecified atom stereocenters. The van der Waals surface area contributed by atoms with Crippen LogP contribution in [0.5, 0.6) is 0 Å². The molecule has 0 radical (unpaired) electrons. The van der Waals surface area contributed by atoms with Crippen molar-refractivity contribution >= 4 is 11.9 Å². The molecule has 0 saturated carbocycles. The fourth-order valence-electron chi connectivity index (χ4n) is 3.09. The molecule has 2 fully saturated rings. The van der Waals surface area contributed by atoms with Crippen LogP contribution in [0.3, 0.4) is 0 Å². The Morgan fingerprint density at radius 2 is 1.64 bits per heavy atom. The Labute approximate surface area is 159 Å². The van der Waals surface area contributed by atoms with Gasteiger partial charge in [-0.3, -0.25) is 4.79 Å². The molecule has 7 N–H and O–H groups in total. The molecule has 2 saturated heterocycles. The largest absolute Gasteiger partial charge is 0.479 e. The second kappa shape index (κ2) is 9.39. The Kier molecular flexibility index (Phi) is 7.66. The Balaban J connectivity index is 2.28. The smallest absolute Gasteiger partial charge is 0.335 e. The zero-order valence-corrected chi connectivity index (χ0v) is 15.1. The summed E-state index contributed by atoms with van der Waals surface area (Å²) in [6.07, 6.45) is -15.1. The predicted molar refractivity (Wildman–Crippen MR) is 85.6 cm³/mol. The van der Waals surface area contributed by atoms with Crippen LogP contribution in [0.4, 0.5) is 0 Å². The summed E-state index contributed by atoms with van der Waals surface area (Å²) >= 11 is 0. The van der Waals surface area contributed by atoms with Gasteiger partial charge in [0.2, 0.25) is 5.91 Å². The van der Waals surface area contributed by atoms with Crippen LogP contribution in [-0.2, 0) is 28.5 Å². The number of amides is 1. The summed E-state index contributed by atoms with van der Waals surface area (Å²) in [5.41, 5.74) is 0. The highest BCUT2D eigenvalue weighted by molar-refractivity contribution is 5.74. The number of carboxylic acid groups (broad SMARTS) is 1. The molecular formula is C15H25NO12. The number of aliphatic hydroxyl groups excluding tert-OH is 5. The summed E-state index contributed by atoms with van der Waals surface area (Å²) < 4.78 is 20.6. The molecule has 0 aromatic heterocycles. The van der Waals surface area contributed by atoms with Gasteiger partial charge in [-0.2, -0.15) is 0 Å². The van der Waals surface area contributed by atoms with Gasteiger partial charge in [0, 0.05) is 14.0 Å². The zero-order chi connectivity index (χ0) is 21.2. The minimum absolute atomic E-state index is 0.168. The summed E-state index contributed by atoms with van der Waals surface area (Å²) in [5, 5.41) is 61.5. The number of ether oxygens (including phenoxy) is 4. The van der Waals surface area contributed by atoms with Crippen molar-refractivity contribution in [3.05, 3.63) is 0 Å². The Morgan fingerprint density at radius 1 is 1.00 bits per heavy atom. The number of carboxylic acids is 1. The number of carbonyl (C=O) groups excluding carboxylic acids is 1. The molecule has 0 aromatic carbocycles. The molecule has 162 valence electrons. The highest BCUT2D eigenvalue weighted by Gasteiger charge is 2.52. The van der Waals surface area contributed by atoms with Gasteiger partial charge in [0.15, 0.2) is 18.7 Å². The van der Waals surface area contributed by atoms with Gasteiger partial charge in [-0.1, -0.05) is 0 Å². The molecule has 0 aromatic rings. The van der Waals surface area contributed by atoms with E-state index in [1.165, 1.54) is 7.11 Å². The summed E-state index contributed by atoms with van der Waals surface area (Å²) in [7, 11) is 1.31. The maximum Gasteiger partial charge on any atom is 0.335 e. The molecule has 2 heterocycles. The van der Waals surface area contributed by atoms with E-state index in [9.17, 15) is 40.2 Å². The molecule has 0 bridgehead atoms. The molecule has 13 nitrogen and oxygen atoms in total. The topological polar surface area (TPSA) is 204 Å². The van der Waals surface area contributed by atoms with Crippen molar-refractivity contribution in [1.82, 2.24) is 5.32 Å². The van der Waals surface area contributed by atoms with Crippen molar-refractivity contribution < 1.29 is 59.2 Å². The van der Waals surface area contributed by atoms with Gasteiger partial charge in [0.1, 0.15) is 42.7 Å². The van der Waals surface area contributed by atoms with Gasteiger partial charge in [0.05, 0.1) is 6.61 Å². The van der Waals surface area contributed by atoms with Crippen molar-refractivity contribution in [2.45, 2.75) is 68.3 Å². The Morgan fingerprint density at radius 3 is 2.18 bits per heavy atom. The van der Waals surface area contributed by atoms with Gasteiger partial charge in [-0.15, -0.1) is 0 Å². The Bertz CT molecular complexity index is 561. The highest BCUT2D eigenvalue weighted by Crippen LogP contribution is 2.29. The van der Waals surface area contributed by atoms with E-state index in [2.05, 4.69) is 5.32 Å². The number of methoxy groups -OCH3 is 1. The highest BCUT2D eigenvalue weighted by atomic mass is 16.7. The summed E-state index contributed by atoms with van der Waals surface area (Å²) in [5.74, 6) is -2.21. The van der Waals surface area contributed by atoms with Crippen LogP contribution in [0.1, 0.15) is 6.92 Å². The first-order valence-corrected chi connectivity index (χ1v) is 8.44. The third kappa shape index (κ3) is 4.76. The number of hydrogen-bond acceptors (Lipinski definition) is 11. The molecule has 0 spiro atoms. The fourth-order valence-corrected chi connectivity index (χ4v) is 3.09. The van der Waals surface area contributed by atoms with Gasteiger partial charge in [-0.05, 0) is 0 Å². The van der Waals surface area contributed by atoms with Crippen LogP contribution >= 0.6 is 0 Å². The lowest BCUT2D eigenvalue weighted by molar-refractivity contribution is -0.335. The molecule has 2 aliphatic rings. The third-order valence-corrected chi connectivity index (χ3v) is 4.50. The van der Waals surface area contributed by atoms with Crippen LogP contribution < -0.4 is 5.32 Å². The SMILES string of the molecule is COCC1OC(OC2C(C(=O)O)OC(O)C(O)C2O)C(NC(C)=O)C(O)C1O. The molecule has 10 atom stereocenters. The van der Waals surface area contributed by atoms with Crippen molar-refractivity contribution in [1.29, 1.82) is 0 Å². The van der Waals surface area contributed by atoms with Crippen LogP contribution in [0.15, 0.2) is 0 Å². The lowest BCUT2D eigenvalue weighted by Crippen LogP contribution is -2.68. The van der Waals surface area contributed by atoms with Gasteiger partial charge in [-0.25, -0.2) is 4.79 Å². The summed E-state index contributed by atoms with van der Waals surface area (Å²) in [4.78, 5) is 22.9. The second-order valence-corrected chi connectivity index (χ2v) is 6.57. The van der Waals surface area contributed by atoms with E-state index < -0.39 is 73.2 Å².